The van der Waals surface area contributed by atoms with Crippen molar-refractivity contribution in [3.8, 4) is 0 Å². The van der Waals surface area contributed by atoms with Crippen LogP contribution in [0.4, 0.5) is 0 Å². The molecule has 1 amide bonds. The normalized spacial score (nSPS) is 20.3. The number of sulfonamides is 1. The van der Waals surface area contributed by atoms with Crippen molar-refractivity contribution < 1.29 is 27.5 Å². The quantitative estimate of drug-likeness (QED) is 0.624. The van der Waals surface area contributed by atoms with Crippen molar-refractivity contribution in [3.63, 3.8) is 0 Å². The molecule has 0 radical (unpaired) electrons. The molecule has 4 rings (SSSR count). The summed E-state index contributed by atoms with van der Waals surface area (Å²) < 4.78 is 37.0. The Morgan fingerprint density at radius 1 is 1.09 bits per heavy atom. The number of carbonyl (C=O) groups excluding carboxylic acids is 1. The van der Waals surface area contributed by atoms with E-state index in [9.17, 15) is 18.3 Å². The number of hydrogen-bond donors (Lipinski definition) is 1. The van der Waals surface area contributed by atoms with Crippen LogP contribution in [0.1, 0.15) is 23.8 Å². The van der Waals surface area contributed by atoms with E-state index >= 15 is 0 Å². The van der Waals surface area contributed by atoms with Crippen LogP contribution >= 0.6 is 0 Å². The number of aliphatic hydroxyl groups is 1. The topological polar surface area (TPSA) is 104 Å². The number of furan rings is 1. The molecule has 2 aliphatic heterocycles. The highest BCUT2D eigenvalue weighted by atomic mass is 32.2. The number of ether oxygens (including phenoxy) is 1. The van der Waals surface area contributed by atoms with Crippen molar-refractivity contribution in [2.75, 3.05) is 53.5 Å². The van der Waals surface area contributed by atoms with Crippen molar-refractivity contribution in [2.24, 2.45) is 0 Å². The van der Waals surface area contributed by atoms with Crippen LogP contribution in [0.5, 0.6) is 0 Å². The highest BCUT2D eigenvalue weighted by molar-refractivity contribution is 7.89. The Morgan fingerprint density at radius 3 is 2.39 bits per heavy atom. The van der Waals surface area contributed by atoms with Gasteiger partial charge in [-0.1, -0.05) is 12.1 Å². The van der Waals surface area contributed by atoms with Gasteiger partial charge in [0, 0.05) is 45.8 Å². The molecule has 1 unspecified atom stereocenters. The van der Waals surface area contributed by atoms with Gasteiger partial charge in [0.25, 0.3) is 5.91 Å². The lowest BCUT2D eigenvalue weighted by atomic mass is 9.97. The average Bonchev–Trinajstić information content (AvgIpc) is 3.42. The van der Waals surface area contributed by atoms with E-state index in [1.165, 1.54) is 32.5 Å². The first kappa shape index (κ1) is 23.5. The number of benzene rings is 1. The van der Waals surface area contributed by atoms with Gasteiger partial charge in [-0.25, -0.2) is 12.7 Å². The maximum atomic E-state index is 13.0. The van der Waals surface area contributed by atoms with E-state index in [4.69, 9.17) is 9.15 Å². The number of hydrogen-bond acceptors (Lipinski definition) is 7. The third-order valence-corrected chi connectivity index (χ3v) is 7.87. The first-order chi connectivity index (χ1) is 15.8. The SMILES string of the molecule is CN(C)S(=O)(=O)c1ccc(C2=C(O)C(=O)N(CCCN3CCOCC3)C2c2ccco2)cc1. The Labute approximate surface area is 193 Å². The largest absolute Gasteiger partial charge is 0.503 e. The lowest BCUT2D eigenvalue weighted by molar-refractivity contribution is -0.129. The van der Waals surface area contributed by atoms with Gasteiger partial charge >= 0.3 is 0 Å². The van der Waals surface area contributed by atoms with Gasteiger partial charge in [-0.05, 0) is 36.2 Å². The minimum Gasteiger partial charge on any atom is -0.503 e. The lowest BCUT2D eigenvalue weighted by Gasteiger charge is -2.29. The van der Waals surface area contributed by atoms with Crippen molar-refractivity contribution in [1.29, 1.82) is 0 Å². The standard InChI is InChI=1S/C23H29N3O6S/c1-24(2)33(29,30)18-8-6-17(7-9-18)20-21(19-5-3-14-32-19)26(23(28)22(20)27)11-4-10-25-12-15-31-16-13-25/h3,5-9,14,21,27H,4,10-13,15-16H2,1-2H3. The van der Waals surface area contributed by atoms with Gasteiger partial charge in [0.2, 0.25) is 10.0 Å². The van der Waals surface area contributed by atoms with Crippen LogP contribution in [-0.2, 0) is 19.6 Å². The summed E-state index contributed by atoms with van der Waals surface area (Å²) in [4.78, 5) is 17.1. The summed E-state index contributed by atoms with van der Waals surface area (Å²) >= 11 is 0. The van der Waals surface area contributed by atoms with Gasteiger partial charge in [-0.2, -0.15) is 0 Å². The predicted molar refractivity (Wildman–Crippen MR) is 122 cm³/mol. The van der Waals surface area contributed by atoms with E-state index < -0.39 is 22.0 Å². The fraction of sp³-hybridized carbons (Fsp3) is 0.435. The number of nitrogens with zero attached hydrogens (tertiary/aromatic N) is 3. The second-order valence-electron chi connectivity index (χ2n) is 8.30. The number of amides is 1. The summed E-state index contributed by atoms with van der Waals surface area (Å²) in [5, 5.41) is 10.8. The van der Waals surface area contributed by atoms with Crippen LogP contribution in [0.3, 0.4) is 0 Å². The number of aliphatic hydroxyl groups excluding tert-OH is 1. The highest BCUT2D eigenvalue weighted by Gasteiger charge is 2.42. The van der Waals surface area contributed by atoms with Crippen LogP contribution in [0.2, 0.25) is 0 Å². The summed E-state index contributed by atoms with van der Waals surface area (Å²) in [6.45, 7) is 4.43. The van der Waals surface area contributed by atoms with E-state index in [2.05, 4.69) is 4.90 Å². The van der Waals surface area contributed by atoms with Crippen LogP contribution in [-0.4, -0.2) is 87.0 Å². The Hall–Kier alpha value is -2.66. The minimum absolute atomic E-state index is 0.137. The summed E-state index contributed by atoms with van der Waals surface area (Å²) in [5.41, 5.74) is 0.978. The van der Waals surface area contributed by atoms with Gasteiger partial charge in [0.05, 0.1) is 24.4 Å². The summed E-state index contributed by atoms with van der Waals surface area (Å²) in [6, 6.07) is 9.12. The second-order valence-corrected chi connectivity index (χ2v) is 10.4. The molecule has 1 fully saturated rings. The third-order valence-electron chi connectivity index (χ3n) is 6.04. The molecule has 0 aliphatic carbocycles. The first-order valence-corrected chi connectivity index (χ1v) is 12.4. The smallest absolute Gasteiger partial charge is 0.289 e. The molecule has 2 aliphatic rings. The van der Waals surface area contributed by atoms with Crippen molar-refractivity contribution in [3.05, 3.63) is 59.7 Å². The molecular formula is C23H29N3O6S. The molecule has 3 heterocycles. The first-order valence-electron chi connectivity index (χ1n) is 10.9. The van der Waals surface area contributed by atoms with Gasteiger partial charge in [-0.3, -0.25) is 9.69 Å². The average molecular weight is 476 g/mol. The zero-order valence-corrected chi connectivity index (χ0v) is 19.6. The molecule has 0 bridgehead atoms. The number of carbonyl (C=O) groups is 1. The molecular weight excluding hydrogens is 446 g/mol. The zero-order chi connectivity index (χ0) is 23.6. The highest BCUT2D eigenvalue weighted by Crippen LogP contribution is 2.43. The molecule has 1 atom stereocenters. The molecule has 1 aromatic carbocycles. The zero-order valence-electron chi connectivity index (χ0n) is 18.8. The Bertz CT molecular complexity index is 1100. The Kier molecular flexibility index (Phi) is 6.89. The minimum atomic E-state index is -3.59. The molecule has 10 heteroatoms. The van der Waals surface area contributed by atoms with Crippen LogP contribution < -0.4 is 0 Å². The third kappa shape index (κ3) is 4.70. The lowest BCUT2D eigenvalue weighted by Crippen LogP contribution is -2.39. The number of morpholine rings is 1. The molecule has 9 nitrogen and oxygen atoms in total. The van der Waals surface area contributed by atoms with Crippen LogP contribution in [0.15, 0.2) is 57.7 Å². The second kappa shape index (κ2) is 9.68. The summed E-state index contributed by atoms with van der Waals surface area (Å²) in [7, 11) is -0.652. The molecule has 1 saturated heterocycles. The fourth-order valence-electron chi connectivity index (χ4n) is 4.23. The van der Waals surface area contributed by atoms with Gasteiger partial charge < -0.3 is 19.2 Å². The van der Waals surface area contributed by atoms with E-state index in [1.54, 1.807) is 29.2 Å². The van der Waals surface area contributed by atoms with Crippen molar-refractivity contribution >= 4 is 21.5 Å². The Balaban J connectivity index is 1.59. The van der Waals surface area contributed by atoms with Crippen molar-refractivity contribution in [2.45, 2.75) is 17.4 Å². The van der Waals surface area contributed by atoms with Gasteiger partial charge in [-0.15, -0.1) is 0 Å². The molecule has 178 valence electrons. The van der Waals surface area contributed by atoms with E-state index in [1.807, 2.05) is 0 Å². The molecule has 1 aromatic heterocycles. The predicted octanol–water partition coefficient (Wildman–Crippen LogP) is 2.10. The summed E-state index contributed by atoms with van der Waals surface area (Å²) in [5.74, 6) is -0.261. The molecule has 2 aromatic rings. The maximum Gasteiger partial charge on any atom is 0.289 e. The molecule has 0 saturated carbocycles. The number of rotatable bonds is 8. The van der Waals surface area contributed by atoms with Gasteiger partial charge in [0.1, 0.15) is 11.8 Å². The van der Waals surface area contributed by atoms with E-state index in [0.717, 1.165) is 30.4 Å². The van der Waals surface area contributed by atoms with Crippen LogP contribution in [0.25, 0.3) is 5.57 Å². The van der Waals surface area contributed by atoms with Gasteiger partial charge in [0.15, 0.2) is 5.76 Å². The molecule has 0 spiro atoms. The molecule has 33 heavy (non-hydrogen) atoms. The van der Waals surface area contributed by atoms with Crippen molar-refractivity contribution in [1.82, 2.24) is 14.1 Å². The molecule has 1 N–H and O–H groups in total. The van der Waals surface area contributed by atoms with E-state index in [-0.39, 0.29) is 10.7 Å². The fourth-order valence-corrected chi connectivity index (χ4v) is 5.13. The maximum absolute atomic E-state index is 13.0. The summed E-state index contributed by atoms with van der Waals surface area (Å²) in [6.07, 6.45) is 2.27. The van der Waals surface area contributed by atoms with Crippen LogP contribution in [0, 0.1) is 0 Å². The Morgan fingerprint density at radius 2 is 1.79 bits per heavy atom. The monoisotopic (exact) mass is 475 g/mol. The van der Waals surface area contributed by atoms with E-state index in [0.29, 0.717) is 36.7 Å².